The summed E-state index contributed by atoms with van der Waals surface area (Å²) in [5, 5.41) is 8.41. The highest BCUT2D eigenvalue weighted by Crippen LogP contribution is 1.95. The van der Waals surface area contributed by atoms with Gasteiger partial charge in [-0.1, -0.05) is 0 Å². The van der Waals surface area contributed by atoms with E-state index in [0.29, 0.717) is 26.1 Å². The van der Waals surface area contributed by atoms with Gasteiger partial charge in [-0.25, -0.2) is 0 Å². The first-order valence-electron chi connectivity index (χ1n) is 4.53. The molecule has 0 spiro atoms. The van der Waals surface area contributed by atoms with Gasteiger partial charge in [-0.3, -0.25) is 4.79 Å². The molecule has 0 radical (unpaired) electrons. The number of nitrogens with two attached hydrogens (primary N) is 1. The van der Waals surface area contributed by atoms with Crippen LogP contribution in [-0.2, 0) is 9.53 Å². The van der Waals surface area contributed by atoms with Gasteiger partial charge in [0.25, 0.3) is 0 Å². The second-order valence-electron chi connectivity index (χ2n) is 3.01. The topological polar surface area (TPSA) is 79.3 Å². The molecule has 0 heterocycles. The van der Waals surface area contributed by atoms with Crippen molar-refractivity contribution in [1.82, 2.24) is 4.90 Å². The molecule has 0 saturated carbocycles. The first kappa shape index (κ1) is 12.9. The molecule has 0 unspecified atom stereocenters. The van der Waals surface area contributed by atoms with Crippen molar-refractivity contribution in [2.45, 2.75) is 19.4 Å². The van der Waals surface area contributed by atoms with Crippen LogP contribution in [0, 0.1) is 11.3 Å². The molecule has 0 aromatic heterocycles. The van der Waals surface area contributed by atoms with Crippen LogP contribution < -0.4 is 5.73 Å². The van der Waals surface area contributed by atoms with Gasteiger partial charge in [-0.2, -0.15) is 5.26 Å². The molecular formula is C9H17N3O2. The van der Waals surface area contributed by atoms with Crippen LogP contribution >= 0.6 is 0 Å². The van der Waals surface area contributed by atoms with E-state index in [9.17, 15) is 4.79 Å². The smallest absolute Gasteiger partial charge is 0.239 e. The zero-order chi connectivity index (χ0) is 11.0. The first-order valence-corrected chi connectivity index (χ1v) is 4.53. The van der Waals surface area contributed by atoms with Crippen molar-refractivity contribution < 1.29 is 9.53 Å². The summed E-state index contributed by atoms with van der Waals surface area (Å²) in [6.07, 6.45) is 0.322. The second-order valence-corrected chi connectivity index (χ2v) is 3.01. The maximum Gasteiger partial charge on any atom is 0.239 e. The number of nitriles is 1. The standard InChI is InChI=1S/C9H17N3O2/c1-8(11)9(13)12(5-3-4-10)6-7-14-2/h8H,3,5-7,11H2,1-2H3/t8-/m1/s1. The number of rotatable bonds is 6. The minimum Gasteiger partial charge on any atom is -0.383 e. The molecule has 0 aliphatic carbocycles. The third-order valence-corrected chi connectivity index (χ3v) is 1.76. The molecule has 0 aliphatic heterocycles. The Morgan fingerprint density at radius 3 is 2.71 bits per heavy atom. The van der Waals surface area contributed by atoms with E-state index in [0.717, 1.165) is 0 Å². The third kappa shape index (κ3) is 4.80. The largest absolute Gasteiger partial charge is 0.383 e. The normalized spacial score (nSPS) is 11.9. The maximum absolute atomic E-state index is 11.5. The van der Waals surface area contributed by atoms with Gasteiger partial charge in [-0.15, -0.1) is 0 Å². The van der Waals surface area contributed by atoms with E-state index in [1.807, 2.05) is 6.07 Å². The Balaban J connectivity index is 4.09. The van der Waals surface area contributed by atoms with Crippen molar-refractivity contribution in [3.05, 3.63) is 0 Å². The lowest BCUT2D eigenvalue weighted by atomic mass is 10.3. The molecule has 80 valence electrons. The number of hydrogen-bond donors (Lipinski definition) is 1. The molecule has 0 rings (SSSR count). The van der Waals surface area contributed by atoms with E-state index >= 15 is 0 Å². The van der Waals surface area contributed by atoms with Crippen LogP contribution in [0.4, 0.5) is 0 Å². The second kappa shape index (κ2) is 7.30. The van der Waals surface area contributed by atoms with Crippen molar-refractivity contribution in [3.63, 3.8) is 0 Å². The lowest BCUT2D eigenvalue weighted by Gasteiger charge is -2.22. The number of nitrogens with zero attached hydrogens (tertiary/aromatic N) is 2. The maximum atomic E-state index is 11.5. The molecule has 0 aliphatic rings. The Kier molecular flexibility index (Phi) is 6.72. The van der Waals surface area contributed by atoms with E-state index in [1.54, 1.807) is 18.9 Å². The van der Waals surface area contributed by atoms with Gasteiger partial charge in [0.15, 0.2) is 0 Å². The molecular weight excluding hydrogens is 182 g/mol. The van der Waals surface area contributed by atoms with Crippen LogP contribution in [0.5, 0.6) is 0 Å². The number of carbonyl (C=O) groups excluding carboxylic acids is 1. The molecule has 14 heavy (non-hydrogen) atoms. The SMILES string of the molecule is COCCN(CCC#N)C(=O)[C@@H](C)N. The van der Waals surface area contributed by atoms with Crippen LogP contribution in [0.15, 0.2) is 0 Å². The highest BCUT2D eigenvalue weighted by Gasteiger charge is 2.16. The number of hydrogen-bond acceptors (Lipinski definition) is 4. The van der Waals surface area contributed by atoms with Crippen molar-refractivity contribution in [2.75, 3.05) is 26.8 Å². The van der Waals surface area contributed by atoms with E-state index in [1.165, 1.54) is 0 Å². The predicted octanol–water partition coefficient (Wildman–Crippen LogP) is -0.278. The third-order valence-electron chi connectivity index (χ3n) is 1.76. The quantitative estimate of drug-likeness (QED) is 0.638. The molecule has 0 fully saturated rings. The summed E-state index contributed by atoms with van der Waals surface area (Å²) in [5.74, 6) is -0.141. The molecule has 5 heteroatoms. The summed E-state index contributed by atoms with van der Waals surface area (Å²) in [6.45, 7) is 3.00. The molecule has 0 aromatic rings. The minimum atomic E-state index is -0.523. The van der Waals surface area contributed by atoms with Crippen molar-refractivity contribution in [1.29, 1.82) is 5.26 Å². The lowest BCUT2D eigenvalue weighted by Crippen LogP contribution is -2.43. The Labute approximate surface area is 84.4 Å². The summed E-state index contributed by atoms with van der Waals surface area (Å²) in [5.41, 5.74) is 5.47. The summed E-state index contributed by atoms with van der Waals surface area (Å²) in [4.78, 5) is 13.0. The van der Waals surface area contributed by atoms with Crippen LogP contribution in [0.25, 0.3) is 0 Å². The summed E-state index contributed by atoms with van der Waals surface area (Å²) < 4.78 is 4.86. The Hall–Kier alpha value is -1.12. The van der Waals surface area contributed by atoms with Gasteiger partial charge in [0.1, 0.15) is 0 Å². The molecule has 1 amide bonds. The molecule has 5 nitrogen and oxygen atoms in total. The van der Waals surface area contributed by atoms with Crippen molar-refractivity contribution in [3.8, 4) is 6.07 Å². The molecule has 1 atom stereocenters. The van der Waals surface area contributed by atoms with Crippen molar-refractivity contribution in [2.24, 2.45) is 5.73 Å². The monoisotopic (exact) mass is 199 g/mol. The zero-order valence-electron chi connectivity index (χ0n) is 8.69. The number of ether oxygens (including phenoxy) is 1. The Morgan fingerprint density at radius 1 is 1.64 bits per heavy atom. The van der Waals surface area contributed by atoms with Crippen LogP contribution in [0.2, 0.25) is 0 Å². The van der Waals surface area contributed by atoms with Gasteiger partial charge < -0.3 is 15.4 Å². The van der Waals surface area contributed by atoms with Crippen molar-refractivity contribution >= 4 is 5.91 Å². The zero-order valence-corrected chi connectivity index (χ0v) is 8.69. The fraction of sp³-hybridized carbons (Fsp3) is 0.778. The first-order chi connectivity index (χ1) is 6.63. The summed E-state index contributed by atoms with van der Waals surface area (Å²) >= 11 is 0. The lowest BCUT2D eigenvalue weighted by molar-refractivity contribution is -0.132. The fourth-order valence-corrected chi connectivity index (χ4v) is 1.01. The van der Waals surface area contributed by atoms with E-state index in [2.05, 4.69) is 0 Å². The fourth-order valence-electron chi connectivity index (χ4n) is 1.01. The van der Waals surface area contributed by atoms with E-state index in [4.69, 9.17) is 15.7 Å². The van der Waals surface area contributed by atoms with E-state index < -0.39 is 6.04 Å². The summed E-state index contributed by atoms with van der Waals surface area (Å²) in [7, 11) is 1.57. The minimum absolute atomic E-state index is 0.141. The molecule has 0 saturated heterocycles. The number of amides is 1. The Bertz CT molecular complexity index is 211. The van der Waals surface area contributed by atoms with Gasteiger partial charge in [-0.05, 0) is 6.92 Å². The van der Waals surface area contributed by atoms with Crippen LogP contribution in [-0.4, -0.2) is 43.7 Å². The average Bonchev–Trinajstić information content (AvgIpc) is 2.17. The Morgan fingerprint density at radius 2 is 2.29 bits per heavy atom. The van der Waals surface area contributed by atoms with Gasteiger partial charge in [0.05, 0.1) is 25.1 Å². The number of methoxy groups -OCH3 is 1. The van der Waals surface area contributed by atoms with Gasteiger partial charge in [0.2, 0.25) is 5.91 Å². The molecule has 0 aromatic carbocycles. The van der Waals surface area contributed by atoms with Gasteiger partial charge in [0, 0.05) is 20.2 Å². The molecule has 2 N–H and O–H groups in total. The summed E-state index contributed by atoms with van der Waals surface area (Å²) in [6, 6.07) is 1.47. The number of carbonyl (C=O) groups is 1. The van der Waals surface area contributed by atoms with E-state index in [-0.39, 0.29) is 5.91 Å². The molecule has 0 bridgehead atoms. The van der Waals surface area contributed by atoms with Gasteiger partial charge >= 0.3 is 0 Å². The highest BCUT2D eigenvalue weighted by atomic mass is 16.5. The predicted molar refractivity (Wildman–Crippen MR) is 52.3 cm³/mol. The van der Waals surface area contributed by atoms with Crippen LogP contribution in [0.3, 0.4) is 0 Å². The van der Waals surface area contributed by atoms with Crippen LogP contribution in [0.1, 0.15) is 13.3 Å². The average molecular weight is 199 g/mol. The highest BCUT2D eigenvalue weighted by molar-refractivity contribution is 5.81.